The predicted molar refractivity (Wildman–Crippen MR) is 65.2 cm³/mol. The number of esters is 2. The topological polar surface area (TPSA) is 74.1 Å². The van der Waals surface area contributed by atoms with Gasteiger partial charge in [-0.25, -0.2) is 14.3 Å². The van der Waals surface area contributed by atoms with Crippen molar-refractivity contribution in [3.8, 4) is 5.69 Å². The van der Waals surface area contributed by atoms with Crippen LogP contribution in [0.5, 0.6) is 0 Å². The number of hydrogen-bond donors (Lipinski definition) is 0. The first-order valence-corrected chi connectivity index (χ1v) is 5.90. The molecule has 2 heterocycles. The molecule has 0 amide bonds. The average Bonchev–Trinajstić information content (AvgIpc) is 2.93. The van der Waals surface area contributed by atoms with E-state index in [2.05, 4.69) is 28.9 Å². The number of rotatable bonds is 2. The summed E-state index contributed by atoms with van der Waals surface area (Å²) in [5.41, 5.74) is 1.91. The van der Waals surface area contributed by atoms with Crippen molar-refractivity contribution in [1.29, 1.82) is 0 Å². The molecule has 1 aromatic heterocycles. The molecule has 1 aliphatic heterocycles. The van der Waals surface area contributed by atoms with Gasteiger partial charge in [0.05, 0.1) is 5.69 Å². The molecule has 2 aromatic rings. The molecule has 0 unspecified atom stereocenters. The average molecular weight is 257 g/mol. The Morgan fingerprint density at radius 1 is 1.11 bits per heavy atom. The molecular formula is C13H11N3O3. The number of nitrogens with zero attached hydrogens (tertiary/aromatic N) is 3. The van der Waals surface area contributed by atoms with Crippen LogP contribution in [0.15, 0.2) is 24.3 Å². The van der Waals surface area contributed by atoms with Crippen LogP contribution in [0.1, 0.15) is 46.3 Å². The Bertz CT molecular complexity index is 671. The van der Waals surface area contributed by atoms with E-state index >= 15 is 0 Å². The van der Waals surface area contributed by atoms with Gasteiger partial charge in [-0.1, -0.05) is 31.2 Å². The molecule has 96 valence electrons. The maximum atomic E-state index is 11.6. The van der Waals surface area contributed by atoms with Crippen molar-refractivity contribution in [2.24, 2.45) is 0 Å². The Balaban J connectivity index is 2.07. The molecule has 3 rings (SSSR count). The summed E-state index contributed by atoms with van der Waals surface area (Å²) in [6.45, 7) is 4.19. The second-order valence-corrected chi connectivity index (χ2v) is 4.62. The lowest BCUT2D eigenvalue weighted by atomic mass is 10.0. The third-order valence-corrected chi connectivity index (χ3v) is 3.05. The van der Waals surface area contributed by atoms with E-state index in [9.17, 15) is 9.59 Å². The predicted octanol–water partition coefficient (Wildman–Crippen LogP) is 1.70. The summed E-state index contributed by atoms with van der Waals surface area (Å²) in [5, 5.41) is 7.51. The first kappa shape index (κ1) is 11.6. The fourth-order valence-corrected chi connectivity index (χ4v) is 1.96. The van der Waals surface area contributed by atoms with Crippen LogP contribution in [-0.4, -0.2) is 26.9 Å². The molecule has 0 saturated heterocycles. The van der Waals surface area contributed by atoms with E-state index in [1.807, 2.05) is 24.3 Å². The first-order chi connectivity index (χ1) is 9.08. The third-order valence-electron chi connectivity index (χ3n) is 3.05. The molecule has 0 radical (unpaired) electrons. The fourth-order valence-electron chi connectivity index (χ4n) is 1.96. The van der Waals surface area contributed by atoms with Gasteiger partial charge in [0.1, 0.15) is 0 Å². The fraction of sp³-hybridized carbons (Fsp3) is 0.231. The monoisotopic (exact) mass is 257 g/mol. The van der Waals surface area contributed by atoms with Gasteiger partial charge in [-0.2, -0.15) is 0 Å². The van der Waals surface area contributed by atoms with E-state index in [0.717, 1.165) is 0 Å². The number of ether oxygens (including phenoxy) is 1. The van der Waals surface area contributed by atoms with Gasteiger partial charge in [-0.3, -0.25) is 0 Å². The molecule has 19 heavy (non-hydrogen) atoms. The third kappa shape index (κ3) is 1.72. The largest absolute Gasteiger partial charge is 0.383 e. The number of fused-ring (bicyclic) bond motifs is 1. The molecule has 0 atom stereocenters. The molecule has 6 heteroatoms. The highest BCUT2D eigenvalue weighted by Crippen LogP contribution is 2.22. The zero-order chi connectivity index (χ0) is 13.6. The minimum absolute atomic E-state index is 0.0297. The van der Waals surface area contributed by atoms with E-state index in [0.29, 0.717) is 11.6 Å². The molecule has 0 N–H and O–H groups in total. The number of carbonyl (C=O) groups is 2. The van der Waals surface area contributed by atoms with Crippen LogP contribution in [0.3, 0.4) is 0 Å². The van der Waals surface area contributed by atoms with Crippen molar-refractivity contribution >= 4 is 11.9 Å². The summed E-state index contributed by atoms with van der Waals surface area (Å²) in [6.07, 6.45) is 0. The molecule has 1 aliphatic rings. The van der Waals surface area contributed by atoms with Crippen LogP contribution >= 0.6 is 0 Å². The Labute approximate surface area is 109 Å². The number of cyclic esters (lactones) is 2. The van der Waals surface area contributed by atoms with Crippen molar-refractivity contribution in [2.75, 3.05) is 0 Å². The Kier molecular flexibility index (Phi) is 2.45. The minimum atomic E-state index is -0.745. The summed E-state index contributed by atoms with van der Waals surface area (Å²) in [4.78, 5) is 22.9. The van der Waals surface area contributed by atoms with Gasteiger partial charge in [0.15, 0.2) is 5.69 Å². The molecule has 6 nitrogen and oxygen atoms in total. The maximum Gasteiger partial charge on any atom is 0.369 e. The van der Waals surface area contributed by atoms with Crippen molar-refractivity contribution in [2.45, 2.75) is 19.8 Å². The van der Waals surface area contributed by atoms with Crippen LogP contribution in [-0.2, 0) is 4.74 Å². The van der Waals surface area contributed by atoms with E-state index in [1.54, 1.807) is 0 Å². The van der Waals surface area contributed by atoms with Crippen LogP contribution in [0, 0.1) is 0 Å². The SMILES string of the molecule is CC(C)c1ccc(-n2nnc3c2C(=O)OC3=O)cc1. The summed E-state index contributed by atoms with van der Waals surface area (Å²) in [6, 6.07) is 7.58. The van der Waals surface area contributed by atoms with Gasteiger partial charge < -0.3 is 4.74 Å². The standard InChI is InChI=1S/C13H11N3O3/c1-7(2)8-3-5-9(6-4-8)16-11-10(14-15-16)12(17)19-13(11)18/h3-7H,1-2H3. The summed E-state index contributed by atoms with van der Waals surface area (Å²) in [7, 11) is 0. The summed E-state index contributed by atoms with van der Waals surface area (Å²) in [5.74, 6) is -1.04. The zero-order valence-corrected chi connectivity index (χ0v) is 10.5. The van der Waals surface area contributed by atoms with Gasteiger partial charge in [-0.05, 0) is 23.6 Å². The van der Waals surface area contributed by atoms with Crippen LogP contribution in [0.2, 0.25) is 0 Å². The van der Waals surface area contributed by atoms with Gasteiger partial charge >= 0.3 is 11.9 Å². The van der Waals surface area contributed by atoms with Crippen LogP contribution in [0.4, 0.5) is 0 Å². The second-order valence-electron chi connectivity index (χ2n) is 4.62. The van der Waals surface area contributed by atoms with Crippen molar-refractivity contribution in [1.82, 2.24) is 15.0 Å². The van der Waals surface area contributed by atoms with E-state index in [4.69, 9.17) is 0 Å². The highest BCUT2D eigenvalue weighted by Gasteiger charge is 2.37. The Hall–Kier alpha value is -2.50. The minimum Gasteiger partial charge on any atom is -0.383 e. The molecular weight excluding hydrogens is 246 g/mol. The lowest BCUT2D eigenvalue weighted by Crippen LogP contribution is -2.08. The summed E-state index contributed by atoms with van der Waals surface area (Å²) >= 11 is 0. The quantitative estimate of drug-likeness (QED) is 0.604. The van der Waals surface area contributed by atoms with Crippen LogP contribution < -0.4 is 0 Å². The van der Waals surface area contributed by atoms with E-state index in [-0.39, 0.29) is 11.4 Å². The highest BCUT2D eigenvalue weighted by molar-refractivity contribution is 6.12. The Morgan fingerprint density at radius 3 is 2.42 bits per heavy atom. The van der Waals surface area contributed by atoms with Crippen LogP contribution in [0.25, 0.3) is 5.69 Å². The Morgan fingerprint density at radius 2 is 1.79 bits per heavy atom. The van der Waals surface area contributed by atoms with E-state index in [1.165, 1.54) is 10.2 Å². The molecule has 0 bridgehead atoms. The lowest BCUT2D eigenvalue weighted by Gasteiger charge is -2.07. The molecule has 0 fully saturated rings. The van der Waals surface area contributed by atoms with Gasteiger partial charge in [0.25, 0.3) is 0 Å². The normalized spacial score (nSPS) is 13.8. The number of hydrogen-bond acceptors (Lipinski definition) is 5. The molecule has 0 aliphatic carbocycles. The zero-order valence-electron chi connectivity index (χ0n) is 10.5. The molecule has 0 spiro atoms. The molecule has 0 saturated carbocycles. The highest BCUT2D eigenvalue weighted by atomic mass is 16.6. The number of carbonyl (C=O) groups excluding carboxylic acids is 2. The van der Waals surface area contributed by atoms with Gasteiger partial charge in [0, 0.05) is 0 Å². The number of aromatic nitrogens is 3. The van der Waals surface area contributed by atoms with Gasteiger partial charge in [0.2, 0.25) is 5.69 Å². The van der Waals surface area contributed by atoms with Gasteiger partial charge in [-0.15, -0.1) is 5.10 Å². The van der Waals surface area contributed by atoms with Crippen molar-refractivity contribution in [3.05, 3.63) is 41.2 Å². The second kappa shape index (κ2) is 4.01. The number of benzene rings is 1. The smallest absolute Gasteiger partial charge is 0.369 e. The van der Waals surface area contributed by atoms with Crippen molar-refractivity contribution in [3.63, 3.8) is 0 Å². The lowest BCUT2D eigenvalue weighted by molar-refractivity contribution is 0.0434. The maximum absolute atomic E-state index is 11.6. The van der Waals surface area contributed by atoms with Crippen molar-refractivity contribution < 1.29 is 14.3 Å². The summed E-state index contributed by atoms with van der Waals surface area (Å²) < 4.78 is 5.82. The molecule has 1 aromatic carbocycles. The van der Waals surface area contributed by atoms with E-state index < -0.39 is 11.9 Å². The first-order valence-electron chi connectivity index (χ1n) is 5.90.